The summed E-state index contributed by atoms with van der Waals surface area (Å²) in [6.07, 6.45) is 1.90. The molecule has 1 aliphatic heterocycles. The first kappa shape index (κ1) is 14.1. The Labute approximate surface area is 117 Å². The average Bonchev–Trinajstić information content (AvgIpc) is 2.81. The van der Waals surface area contributed by atoms with Gasteiger partial charge >= 0.3 is 0 Å². The van der Waals surface area contributed by atoms with Crippen molar-refractivity contribution in [2.24, 2.45) is 0 Å². The highest BCUT2D eigenvalue weighted by atomic mass is 32.1. The van der Waals surface area contributed by atoms with Crippen LogP contribution in [0.5, 0.6) is 5.88 Å². The van der Waals surface area contributed by atoms with Crippen LogP contribution in [0.2, 0.25) is 0 Å². The van der Waals surface area contributed by atoms with Gasteiger partial charge in [0.05, 0.1) is 18.0 Å². The van der Waals surface area contributed by atoms with Crippen molar-refractivity contribution in [2.75, 3.05) is 32.6 Å². The number of anilines is 1. The second kappa shape index (κ2) is 6.21. The van der Waals surface area contributed by atoms with Crippen molar-refractivity contribution < 1.29 is 9.53 Å². The summed E-state index contributed by atoms with van der Waals surface area (Å²) in [5, 5.41) is 7.05. The van der Waals surface area contributed by atoms with Gasteiger partial charge in [-0.1, -0.05) is 11.3 Å². The Bertz CT molecular complexity index is 447. The summed E-state index contributed by atoms with van der Waals surface area (Å²) in [6.45, 7) is 1.39. The van der Waals surface area contributed by atoms with Gasteiger partial charge in [-0.2, -0.15) is 4.98 Å². The molecule has 1 aliphatic rings. The lowest BCUT2D eigenvalue weighted by molar-refractivity contribution is -0.124. The molecule has 2 rings (SSSR count). The monoisotopic (exact) mass is 284 g/mol. The Morgan fingerprint density at radius 1 is 1.58 bits per heavy atom. The largest absolute Gasteiger partial charge is 0.480 e. The second-order valence-corrected chi connectivity index (χ2v) is 5.75. The standard InChI is InChI=1S/C12H20N4O2S/c1-16(2)12-15-11(18-3)9(19-12)7-14-8-5-4-6-13-10(8)17/h8,14H,4-7H2,1-3H3,(H,13,17). The molecule has 0 aliphatic carbocycles. The third-order valence-corrected chi connectivity index (χ3v) is 4.22. The van der Waals surface area contributed by atoms with Crippen LogP contribution in [0.4, 0.5) is 5.13 Å². The number of piperidine rings is 1. The molecule has 1 amide bonds. The van der Waals surface area contributed by atoms with Crippen LogP contribution in [0.15, 0.2) is 0 Å². The predicted molar refractivity (Wildman–Crippen MR) is 75.9 cm³/mol. The van der Waals surface area contributed by atoms with E-state index < -0.39 is 0 Å². The topological polar surface area (TPSA) is 66.5 Å². The lowest BCUT2D eigenvalue weighted by atomic mass is 10.1. The summed E-state index contributed by atoms with van der Waals surface area (Å²) >= 11 is 1.58. The number of ether oxygens (including phenoxy) is 1. The van der Waals surface area contributed by atoms with E-state index in [1.165, 1.54) is 0 Å². The van der Waals surface area contributed by atoms with E-state index in [0.29, 0.717) is 12.4 Å². The molecule has 1 atom stereocenters. The van der Waals surface area contributed by atoms with Crippen LogP contribution >= 0.6 is 11.3 Å². The normalized spacial score (nSPS) is 19.1. The van der Waals surface area contributed by atoms with Crippen LogP contribution in [0.1, 0.15) is 17.7 Å². The molecule has 1 saturated heterocycles. The number of rotatable bonds is 5. The van der Waals surface area contributed by atoms with Crippen LogP contribution in [-0.4, -0.2) is 44.7 Å². The van der Waals surface area contributed by atoms with Crippen molar-refractivity contribution in [2.45, 2.75) is 25.4 Å². The summed E-state index contributed by atoms with van der Waals surface area (Å²) < 4.78 is 5.27. The molecule has 0 bridgehead atoms. The number of hydrogen-bond acceptors (Lipinski definition) is 6. The Morgan fingerprint density at radius 2 is 2.37 bits per heavy atom. The zero-order valence-corrected chi connectivity index (χ0v) is 12.3. The number of amides is 1. The molecule has 1 aromatic rings. The minimum atomic E-state index is -0.108. The van der Waals surface area contributed by atoms with E-state index in [1.54, 1.807) is 18.4 Å². The molecule has 0 radical (unpaired) electrons. The zero-order valence-electron chi connectivity index (χ0n) is 11.5. The van der Waals surface area contributed by atoms with Crippen LogP contribution in [-0.2, 0) is 11.3 Å². The molecule has 19 heavy (non-hydrogen) atoms. The summed E-state index contributed by atoms with van der Waals surface area (Å²) in [6, 6.07) is -0.108. The van der Waals surface area contributed by atoms with Crippen molar-refractivity contribution >= 4 is 22.4 Å². The Morgan fingerprint density at radius 3 is 3.00 bits per heavy atom. The number of hydrogen-bond donors (Lipinski definition) is 2. The molecule has 7 heteroatoms. The van der Waals surface area contributed by atoms with Crippen LogP contribution in [0.3, 0.4) is 0 Å². The van der Waals surface area contributed by atoms with Crippen molar-refractivity contribution in [3.63, 3.8) is 0 Å². The van der Waals surface area contributed by atoms with E-state index in [-0.39, 0.29) is 11.9 Å². The van der Waals surface area contributed by atoms with Gasteiger partial charge in [0.2, 0.25) is 11.8 Å². The molecule has 2 N–H and O–H groups in total. The highest BCUT2D eigenvalue weighted by Gasteiger charge is 2.22. The molecule has 1 fully saturated rings. The first-order valence-corrected chi connectivity index (χ1v) is 7.15. The molecular weight excluding hydrogens is 264 g/mol. The van der Waals surface area contributed by atoms with Gasteiger partial charge in [0.1, 0.15) is 0 Å². The van der Waals surface area contributed by atoms with Crippen molar-refractivity contribution in [1.82, 2.24) is 15.6 Å². The molecule has 0 saturated carbocycles. The number of carbonyl (C=O) groups is 1. The Kier molecular flexibility index (Phi) is 4.60. The average molecular weight is 284 g/mol. The molecule has 0 spiro atoms. The fourth-order valence-electron chi connectivity index (χ4n) is 1.97. The maximum absolute atomic E-state index is 11.7. The van der Waals surface area contributed by atoms with Crippen LogP contribution in [0.25, 0.3) is 0 Å². The molecule has 106 valence electrons. The molecule has 1 unspecified atom stereocenters. The molecule has 0 aromatic carbocycles. The predicted octanol–water partition coefficient (Wildman–Crippen LogP) is 0.586. The fourth-order valence-corrected chi connectivity index (χ4v) is 2.87. The van der Waals surface area contributed by atoms with Gasteiger partial charge in [-0.05, 0) is 12.8 Å². The van der Waals surface area contributed by atoms with E-state index in [0.717, 1.165) is 29.4 Å². The van der Waals surface area contributed by atoms with E-state index in [4.69, 9.17) is 4.74 Å². The Balaban J connectivity index is 2.00. The van der Waals surface area contributed by atoms with Crippen LogP contribution in [0, 0.1) is 0 Å². The van der Waals surface area contributed by atoms with Gasteiger partial charge in [-0.15, -0.1) is 0 Å². The number of carbonyl (C=O) groups excluding carboxylic acids is 1. The number of nitrogens with one attached hydrogen (secondary N) is 2. The SMILES string of the molecule is COc1nc(N(C)C)sc1CNC1CCCNC1=O. The van der Waals surface area contributed by atoms with Crippen molar-refractivity contribution in [1.29, 1.82) is 0 Å². The third kappa shape index (κ3) is 3.36. The fraction of sp³-hybridized carbons (Fsp3) is 0.667. The quantitative estimate of drug-likeness (QED) is 0.828. The summed E-state index contributed by atoms with van der Waals surface area (Å²) in [5.41, 5.74) is 0. The van der Waals surface area contributed by atoms with E-state index in [2.05, 4.69) is 15.6 Å². The second-order valence-electron chi connectivity index (χ2n) is 4.69. The lowest BCUT2D eigenvalue weighted by Crippen LogP contribution is -2.47. The number of methoxy groups -OCH3 is 1. The smallest absolute Gasteiger partial charge is 0.237 e. The van der Waals surface area contributed by atoms with Gasteiger partial charge in [0.25, 0.3) is 0 Å². The van der Waals surface area contributed by atoms with Gasteiger partial charge in [0.15, 0.2) is 5.13 Å². The third-order valence-electron chi connectivity index (χ3n) is 3.02. The van der Waals surface area contributed by atoms with Gasteiger partial charge < -0.3 is 20.3 Å². The number of nitrogens with zero attached hydrogens (tertiary/aromatic N) is 2. The summed E-state index contributed by atoms with van der Waals surface area (Å²) in [7, 11) is 5.51. The molecular formula is C12H20N4O2S. The summed E-state index contributed by atoms with van der Waals surface area (Å²) in [4.78, 5) is 19.0. The molecule has 6 nitrogen and oxygen atoms in total. The first-order chi connectivity index (χ1) is 9.11. The number of aromatic nitrogens is 1. The van der Waals surface area contributed by atoms with Crippen molar-refractivity contribution in [3.8, 4) is 5.88 Å². The van der Waals surface area contributed by atoms with Gasteiger partial charge in [0, 0.05) is 27.2 Å². The van der Waals surface area contributed by atoms with E-state index in [1.807, 2.05) is 19.0 Å². The highest BCUT2D eigenvalue weighted by molar-refractivity contribution is 7.15. The first-order valence-electron chi connectivity index (χ1n) is 6.34. The van der Waals surface area contributed by atoms with Crippen LogP contribution < -0.4 is 20.3 Å². The zero-order chi connectivity index (χ0) is 13.8. The number of thiazole rings is 1. The minimum Gasteiger partial charge on any atom is -0.480 e. The van der Waals surface area contributed by atoms with Crippen molar-refractivity contribution in [3.05, 3.63) is 4.88 Å². The van der Waals surface area contributed by atoms with Gasteiger partial charge in [-0.25, -0.2) is 0 Å². The summed E-state index contributed by atoms with van der Waals surface area (Å²) in [5.74, 6) is 0.722. The lowest BCUT2D eigenvalue weighted by Gasteiger charge is -2.22. The maximum atomic E-state index is 11.7. The van der Waals surface area contributed by atoms with E-state index in [9.17, 15) is 4.79 Å². The van der Waals surface area contributed by atoms with Gasteiger partial charge in [-0.3, -0.25) is 4.79 Å². The van der Waals surface area contributed by atoms with E-state index >= 15 is 0 Å². The molecule has 1 aromatic heterocycles. The maximum Gasteiger partial charge on any atom is 0.237 e. The highest BCUT2D eigenvalue weighted by Crippen LogP contribution is 2.30. The minimum absolute atomic E-state index is 0.0857. The Hall–Kier alpha value is -1.34. The molecule has 2 heterocycles.